The van der Waals surface area contributed by atoms with Gasteiger partial charge in [-0.15, -0.1) is 0 Å². The Kier molecular flexibility index (Phi) is 5.71. The predicted octanol–water partition coefficient (Wildman–Crippen LogP) is 3.04. The molecule has 0 aliphatic carbocycles. The maximum atomic E-state index is 11.9. The molecule has 0 unspecified atom stereocenters. The van der Waals surface area contributed by atoms with E-state index in [4.69, 9.17) is 5.26 Å². The quantitative estimate of drug-likeness (QED) is 0.386. The second-order valence-corrected chi connectivity index (χ2v) is 5.62. The van der Waals surface area contributed by atoms with Crippen LogP contribution in [0.15, 0.2) is 53.4 Å². The molecule has 0 bridgehead atoms. The Balaban J connectivity index is 1.95. The highest BCUT2D eigenvalue weighted by molar-refractivity contribution is 8.03. The minimum absolute atomic E-state index is 0.0800. The molecule has 2 N–H and O–H groups in total. The molecule has 0 aromatic heterocycles. The third-order valence-corrected chi connectivity index (χ3v) is 3.63. The molecule has 6 nitrogen and oxygen atoms in total. The Labute approximate surface area is 142 Å². The third kappa shape index (κ3) is 4.69. The minimum Gasteiger partial charge on any atom is -0.318 e. The van der Waals surface area contributed by atoms with Crippen LogP contribution in [0.4, 0.5) is 11.4 Å². The van der Waals surface area contributed by atoms with E-state index in [-0.39, 0.29) is 5.78 Å². The monoisotopic (exact) mass is 339 g/mol. The highest BCUT2D eigenvalue weighted by Gasteiger charge is 2.14. The van der Waals surface area contributed by atoms with Gasteiger partial charge >= 0.3 is 11.8 Å². The van der Waals surface area contributed by atoms with Crippen LogP contribution < -0.4 is 10.6 Å². The van der Waals surface area contributed by atoms with Gasteiger partial charge in [0.05, 0.1) is 0 Å². The topological polar surface area (TPSA) is 99.1 Å². The normalized spacial score (nSPS) is 9.67. The number of benzene rings is 2. The first-order chi connectivity index (χ1) is 11.5. The van der Waals surface area contributed by atoms with E-state index in [1.165, 1.54) is 6.92 Å². The van der Waals surface area contributed by atoms with Crippen LogP contribution in [0.5, 0.6) is 0 Å². The maximum absolute atomic E-state index is 11.9. The first-order valence-electron chi connectivity index (χ1n) is 6.89. The fourth-order valence-electron chi connectivity index (χ4n) is 1.82. The molecule has 0 saturated heterocycles. The van der Waals surface area contributed by atoms with Gasteiger partial charge in [0.1, 0.15) is 5.40 Å². The van der Waals surface area contributed by atoms with Crippen molar-refractivity contribution in [1.82, 2.24) is 0 Å². The SMILES string of the molecule is CC(=O)c1ccc(NC(=O)C(=O)Nc2ccc(SC#N)cc2)cc1. The van der Waals surface area contributed by atoms with E-state index in [1.807, 2.05) is 5.40 Å². The average molecular weight is 339 g/mol. The summed E-state index contributed by atoms with van der Waals surface area (Å²) in [5.41, 5.74) is 1.39. The largest absolute Gasteiger partial charge is 0.318 e. The molecule has 2 amide bonds. The number of carbonyl (C=O) groups is 3. The van der Waals surface area contributed by atoms with E-state index in [2.05, 4.69) is 10.6 Å². The Morgan fingerprint density at radius 1 is 0.875 bits per heavy atom. The lowest BCUT2D eigenvalue weighted by Crippen LogP contribution is -2.29. The Bertz CT molecular complexity index is 808. The number of nitrogens with one attached hydrogen (secondary N) is 2. The molecule has 0 heterocycles. The van der Waals surface area contributed by atoms with Crippen LogP contribution in [0.2, 0.25) is 0 Å². The van der Waals surface area contributed by atoms with E-state index >= 15 is 0 Å². The van der Waals surface area contributed by atoms with Gasteiger partial charge < -0.3 is 10.6 Å². The molecular weight excluding hydrogens is 326 g/mol. The lowest BCUT2D eigenvalue weighted by atomic mass is 10.1. The van der Waals surface area contributed by atoms with Crippen molar-refractivity contribution in [2.24, 2.45) is 0 Å². The summed E-state index contributed by atoms with van der Waals surface area (Å²) in [6, 6.07) is 12.8. The molecule has 0 aliphatic rings. The molecule has 0 radical (unpaired) electrons. The molecule has 0 spiro atoms. The number of Topliss-reactive ketones (excluding diaryl/α,β-unsaturated/α-hetero) is 1. The second-order valence-electron chi connectivity index (χ2n) is 4.76. The van der Waals surface area contributed by atoms with Gasteiger partial charge in [0.25, 0.3) is 0 Å². The van der Waals surface area contributed by atoms with Gasteiger partial charge in [-0.05, 0) is 67.2 Å². The van der Waals surface area contributed by atoms with Crippen molar-refractivity contribution < 1.29 is 14.4 Å². The van der Waals surface area contributed by atoms with Crippen LogP contribution in [0.3, 0.4) is 0 Å². The number of amides is 2. The van der Waals surface area contributed by atoms with E-state index in [9.17, 15) is 14.4 Å². The van der Waals surface area contributed by atoms with Crippen molar-refractivity contribution in [3.05, 3.63) is 54.1 Å². The highest BCUT2D eigenvalue weighted by atomic mass is 32.2. The highest BCUT2D eigenvalue weighted by Crippen LogP contribution is 2.19. The van der Waals surface area contributed by atoms with Crippen LogP contribution in [0.1, 0.15) is 17.3 Å². The van der Waals surface area contributed by atoms with E-state index in [1.54, 1.807) is 48.5 Å². The Morgan fingerprint density at radius 2 is 1.33 bits per heavy atom. The number of carbonyl (C=O) groups excluding carboxylic acids is 3. The van der Waals surface area contributed by atoms with Gasteiger partial charge in [-0.3, -0.25) is 14.4 Å². The third-order valence-electron chi connectivity index (χ3n) is 3.03. The number of anilines is 2. The summed E-state index contributed by atoms with van der Waals surface area (Å²) >= 11 is 1.00. The number of hydrogen-bond donors (Lipinski definition) is 2. The summed E-state index contributed by atoms with van der Waals surface area (Å²) in [5.74, 6) is -1.71. The number of rotatable bonds is 4. The van der Waals surface area contributed by atoms with Crippen LogP contribution in [0.25, 0.3) is 0 Å². The van der Waals surface area contributed by atoms with Gasteiger partial charge in [-0.25, -0.2) is 0 Å². The molecule has 120 valence electrons. The van der Waals surface area contributed by atoms with Crippen molar-refractivity contribution in [2.75, 3.05) is 10.6 Å². The Morgan fingerprint density at radius 3 is 1.75 bits per heavy atom. The van der Waals surface area contributed by atoms with Gasteiger partial charge in [0.15, 0.2) is 5.78 Å². The van der Waals surface area contributed by atoms with Gasteiger partial charge in [0.2, 0.25) is 0 Å². The number of thioether (sulfide) groups is 1. The molecular formula is C17H13N3O3S. The standard InChI is InChI=1S/C17H13N3O3S/c1-11(21)12-2-4-13(5-3-12)19-16(22)17(23)20-14-6-8-15(9-7-14)24-10-18/h2-9H,1H3,(H,19,22)(H,20,23). The molecule has 24 heavy (non-hydrogen) atoms. The lowest BCUT2D eigenvalue weighted by molar-refractivity contribution is -0.132. The summed E-state index contributed by atoms with van der Waals surface area (Å²) in [4.78, 5) is 35.7. The first-order valence-corrected chi connectivity index (χ1v) is 7.70. The second kappa shape index (κ2) is 7.94. The molecule has 0 saturated carbocycles. The van der Waals surface area contributed by atoms with Crippen LogP contribution >= 0.6 is 11.8 Å². The van der Waals surface area contributed by atoms with Gasteiger partial charge in [0, 0.05) is 21.8 Å². The fourth-order valence-corrected chi connectivity index (χ4v) is 2.20. The van der Waals surface area contributed by atoms with Crippen molar-refractivity contribution in [3.8, 4) is 5.40 Å². The molecule has 0 fully saturated rings. The maximum Gasteiger partial charge on any atom is 0.314 e. The molecule has 2 rings (SSSR count). The lowest BCUT2D eigenvalue weighted by Gasteiger charge is -2.07. The number of thiocyanates is 1. The van der Waals surface area contributed by atoms with Crippen molar-refractivity contribution >= 4 is 40.7 Å². The summed E-state index contributed by atoms with van der Waals surface area (Å²) < 4.78 is 0. The predicted molar refractivity (Wildman–Crippen MR) is 91.6 cm³/mol. The zero-order valence-electron chi connectivity index (χ0n) is 12.7. The van der Waals surface area contributed by atoms with Gasteiger partial charge in [-0.1, -0.05) is 0 Å². The number of hydrogen-bond acceptors (Lipinski definition) is 5. The first kappa shape index (κ1) is 17.2. The van der Waals surface area contributed by atoms with Crippen LogP contribution in [-0.4, -0.2) is 17.6 Å². The molecule has 0 atom stereocenters. The van der Waals surface area contributed by atoms with Crippen molar-refractivity contribution in [3.63, 3.8) is 0 Å². The Hall–Kier alpha value is -3.11. The van der Waals surface area contributed by atoms with E-state index in [0.29, 0.717) is 16.9 Å². The van der Waals surface area contributed by atoms with Crippen molar-refractivity contribution in [1.29, 1.82) is 5.26 Å². The molecule has 7 heteroatoms. The summed E-state index contributed by atoms with van der Waals surface area (Å²) in [7, 11) is 0. The molecule has 0 aliphatic heterocycles. The van der Waals surface area contributed by atoms with Crippen molar-refractivity contribution in [2.45, 2.75) is 11.8 Å². The average Bonchev–Trinajstić information content (AvgIpc) is 2.57. The van der Waals surface area contributed by atoms with E-state index < -0.39 is 11.8 Å². The molecule has 2 aromatic rings. The van der Waals surface area contributed by atoms with Gasteiger partial charge in [-0.2, -0.15) is 5.26 Å². The summed E-state index contributed by atoms with van der Waals surface area (Å²) in [6.45, 7) is 1.45. The number of nitrogens with zero attached hydrogens (tertiary/aromatic N) is 1. The summed E-state index contributed by atoms with van der Waals surface area (Å²) in [5, 5.41) is 15.4. The number of nitriles is 1. The summed E-state index contributed by atoms with van der Waals surface area (Å²) in [6.07, 6.45) is 0. The smallest absolute Gasteiger partial charge is 0.314 e. The molecule has 2 aromatic carbocycles. The van der Waals surface area contributed by atoms with E-state index in [0.717, 1.165) is 16.7 Å². The number of ketones is 1. The van der Waals surface area contributed by atoms with Crippen LogP contribution in [-0.2, 0) is 9.59 Å². The zero-order valence-corrected chi connectivity index (χ0v) is 13.5. The zero-order chi connectivity index (χ0) is 17.5. The minimum atomic E-state index is -0.818. The van der Waals surface area contributed by atoms with Crippen LogP contribution in [0, 0.1) is 10.7 Å². The fraction of sp³-hybridized carbons (Fsp3) is 0.0588.